The lowest BCUT2D eigenvalue weighted by atomic mass is 10.1. The van der Waals surface area contributed by atoms with Gasteiger partial charge in [-0.15, -0.1) is 11.8 Å². The Balaban J connectivity index is 1.38. The third-order valence-corrected chi connectivity index (χ3v) is 6.36. The summed E-state index contributed by atoms with van der Waals surface area (Å²) < 4.78 is 43.5. The summed E-state index contributed by atoms with van der Waals surface area (Å²) in [6, 6.07) is 17.7. The van der Waals surface area contributed by atoms with E-state index in [1.165, 1.54) is 23.9 Å². The third-order valence-electron chi connectivity index (χ3n) is 4.79. The van der Waals surface area contributed by atoms with Crippen LogP contribution in [-0.2, 0) is 21.9 Å². The summed E-state index contributed by atoms with van der Waals surface area (Å²) in [4.78, 5) is 25.5. The van der Waals surface area contributed by atoms with Crippen LogP contribution in [0.15, 0.2) is 71.6 Å². The Bertz CT molecular complexity index is 1350. The number of amides is 2. The van der Waals surface area contributed by atoms with Crippen LogP contribution in [0, 0.1) is 0 Å². The van der Waals surface area contributed by atoms with Gasteiger partial charge in [-0.05, 0) is 55.0 Å². The van der Waals surface area contributed by atoms with E-state index in [1.807, 2.05) is 13.0 Å². The molecule has 0 fully saturated rings. The van der Waals surface area contributed by atoms with E-state index in [0.717, 1.165) is 4.90 Å². The van der Waals surface area contributed by atoms with Crippen LogP contribution in [0.3, 0.4) is 0 Å². The predicted octanol–water partition coefficient (Wildman–Crippen LogP) is 4.54. The van der Waals surface area contributed by atoms with Crippen LogP contribution in [-0.4, -0.2) is 25.5 Å². The molecule has 0 bridgehead atoms. The number of anilines is 2. The summed E-state index contributed by atoms with van der Waals surface area (Å²) in [6.07, 6.45) is 0. The second-order valence-electron chi connectivity index (χ2n) is 7.35. The lowest BCUT2D eigenvalue weighted by molar-refractivity contribution is -0.115. The van der Waals surface area contributed by atoms with E-state index >= 15 is 0 Å². The van der Waals surface area contributed by atoms with Crippen LogP contribution in [0.2, 0.25) is 0 Å². The summed E-state index contributed by atoms with van der Waals surface area (Å²) in [5.74, 6) is -0.0934. The minimum atomic E-state index is -5.07. The number of rotatable bonds is 7. The number of thioether (sulfide) groups is 1. The van der Waals surface area contributed by atoms with E-state index in [9.17, 15) is 21.9 Å². The molecule has 8 nitrogen and oxygen atoms in total. The molecule has 3 aromatic rings. The van der Waals surface area contributed by atoms with E-state index in [1.54, 1.807) is 48.5 Å². The average molecular weight is 503 g/mol. The fourth-order valence-corrected chi connectivity index (χ4v) is 4.41. The Morgan fingerprint density at radius 3 is 2.59 bits per heavy atom. The molecule has 4 rings (SSSR count). The second-order valence-corrected chi connectivity index (χ2v) is 9.69. The molecular formula is C23H19FN2O6S2. The molecular weight excluding hydrogens is 483 g/mol. The predicted molar refractivity (Wildman–Crippen MR) is 126 cm³/mol. The first-order valence-corrected chi connectivity index (χ1v) is 12.2. The van der Waals surface area contributed by atoms with Crippen molar-refractivity contribution in [3.63, 3.8) is 0 Å². The highest BCUT2D eigenvalue weighted by Gasteiger charge is 2.23. The van der Waals surface area contributed by atoms with Crippen LogP contribution in [0.1, 0.15) is 22.8 Å². The molecule has 0 radical (unpaired) electrons. The molecule has 1 aliphatic heterocycles. The van der Waals surface area contributed by atoms with E-state index < -0.39 is 10.5 Å². The summed E-state index contributed by atoms with van der Waals surface area (Å²) in [6.45, 7) is 1.97. The van der Waals surface area contributed by atoms with Gasteiger partial charge < -0.3 is 19.6 Å². The molecule has 1 aliphatic rings. The van der Waals surface area contributed by atoms with E-state index in [4.69, 9.17) is 4.74 Å². The summed E-state index contributed by atoms with van der Waals surface area (Å²) in [7, 11) is -5.07. The van der Waals surface area contributed by atoms with E-state index in [-0.39, 0.29) is 29.4 Å². The quantitative estimate of drug-likeness (QED) is 0.456. The molecule has 11 heteroatoms. The van der Waals surface area contributed by atoms with E-state index in [2.05, 4.69) is 14.8 Å². The summed E-state index contributed by atoms with van der Waals surface area (Å²) in [5, 5.41) is 5.43. The highest BCUT2D eigenvalue weighted by Crippen LogP contribution is 2.36. The van der Waals surface area contributed by atoms with Crippen LogP contribution >= 0.6 is 11.8 Å². The van der Waals surface area contributed by atoms with Crippen molar-refractivity contribution in [3.8, 4) is 11.5 Å². The van der Waals surface area contributed by atoms with Crippen molar-refractivity contribution in [1.82, 2.24) is 0 Å². The van der Waals surface area contributed by atoms with Crippen molar-refractivity contribution in [2.75, 3.05) is 10.6 Å². The number of carbonyl (C=O) groups is 2. The monoisotopic (exact) mass is 502 g/mol. The molecule has 1 heterocycles. The number of ether oxygens (including phenoxy) is 1. The Morgan fingerprint density at radius 2 is 1.85 bits per heavy atom. The smallest absolute Gasteiger partial charge is 0.488 e. The fourth-order valence-electron chi connectivity index (χ4n) is 3.14. The maximum Gasteiger partial charge on any atom is 0.488 e. The zero-order chi connectivity index (χ0) is 24.3. The first-order chi connectivity index (χ1) is 16.2. The number of nitrogens with one attached hydrogen (secondary N) is 2. The number of benzene rings is 3. The van der Waals surface area contributed by atoms with Crippen LogP contribution in [0.5, 0.6) is 11.5 Å². The topological polar surface area (TPSA) is 111 Å². The van der Waals surface area contributed by atoms with E-state index in [0.29, 0.717) is 28.3 Å². The zero-order valence-electron chi connectivity index (χ0n) is 17.8. The first kappa shape index (κ1) is 23.6. The molecule has 1 unspecified atom stereocenters. The van der Waals surface area contributed by atoms with Gasteiger partial charge in [-0.2, -0.15) is 8.42 Å². The average Bonchev–Trinajstić information content (AvgIpc) is 2.78. The van der Waals surface area contributed by atoms with Crippen molar-refractivity contribution in [2.24, 2.45) is 0 Å². The number of halogens is 1. The van der Waals surface area contributed by atoms with Crippen LogP contribution in [0.25, 0.3) is 0 Å². The second kappa shape index (κ2) is 9.74. The summed E-state index contributed by atoms with van der Waals surface area (Å²) in [5.41, 5.74) is 2.22. The Morgan fingerprint density at radius 1 is 1.09 bits per heavy atom. The highest BCUT2D eigenvalue weighted by atomic mass is 32.3. The molecule has 176 valence electrons. The van der Waals surface area contributed by atoms with Crippen molar-refractivity contribution in [2.45, 2.75) is 23.7 Å². The molecule has 0 aliphatic carbocycles. The molecule has 0 saturated heterocycles. The minimum absolute atomic E-state index is 0.102. The van der Waals surface area contributed by atoms with Gasteiger partial charge in [-0.1, -0.05) is 22.1 Å². The van der Waals surface area contributed by atoms with Gasteiger partial charge in [-0.3, -0.25) is 9.59 Å². The lowest BCUT2D eigenvalue weighted by Crippen LogP contribution is -2.26. The van der Waals surface area contributed by atoms with Crippen molar-refractivity contribution < 1.29 is 30.8 Å². The number of fused-ring (bicyclic) bond motifs is 1. The Hall–Kier alpha value is -3.57. The first-order valence-electron chi connectivity index (χ1n) is 10.0. The van der Waals surface area contributed by atoms with Gasteiger partial charge in [0.1, 0.15) is 18.1 Å². The maximum absolute atomic E-state index is 12.7. The van der Waals surface area contributed by atoms with Gasteiger partial charge in [-0.25, -0.2) is 0 Å². The van der Waals surface area contributed by atoms with Gasteiger partial charge in [0.05, 0.1) is 10.9 Å². The maximum atomic E-state index is 12.7. The summed E-state index contributed by atoms with van der Waals surface area (Å²) >= 11 is 1.44. The molecule has 2 N–H and O–H groups in total. The number of hydrogen-bond donors (Lipinski definition) is 2. The van der Waals surface area contributed by atoms with Crippen molar-refractivity contribution >= 4 is 45.5 Å². The Kier molecular flexibility index (Phi) is 6.75. The molecule has 0 saturated carbocycles. The normalized spacial score (nSPS) is 15.1. The van der Waals surface area contributed by atoms with Crippen molar-refractivity contribution in [3.05, 3.63) is 77.9 Å². The zero-order valence-corrected chi connectivity index (χ0v) is 19.4. The number of carbonyl (C=O) groups excluding carboxylic acids is 2. The molecule has 0 spiro atoms. The lowest BCUT2D eigenvalue weighted by Gasteiger charge is -2.21. The third kappa shape index (κ3) is 6.06. The van der Waals surface area contributed by atoms with Crippen molar-refractivity contribution in [1.29, 1.82) is 0 Å². The van der Waals surface area contributed by atoms with Gasteiger partial charge in [0.15, 0.2) is 0 Å². The largest absolute Gasteiger partial charge is 0.489 e. The molecule has 3 aromatic carbocycles. The fraction of sp³-hybridized carbons (Fsp3) is 0.130. The molecule has 1 atom stereocenters. The highest BCUT2D eigenvalue weighted by molar-refractivity contribution is 8.01. The van der Waals surface area contributed by atoms with Gasteiger partial charge in [0.25, 0.3) is 5.91 Å². The molecule has 0 aromatic heterocycles. The Labute approximate surface area is 199 Å². The van der Waals surface area contributed by atoms with Gasteiger partial charge in [0, 0.05) is 22.2 Å². The van der Waals surface area contributed by atoms with Gasteiger partial charge in [0.2, 0.25) is 5.91 Å². The van der Waals surface area contributed by atoms with Crippen LogP contribution in [0.4, 0.5) is 15.3 Å². The van der Waals surface area contributed by atoms with Crippen LogP contribution < -0.4 is 19.6 Å². The number of hydrogen-bond acceptors (Lipinski definition) is 7. The SMILES string of the molecule is CC1Sc2ccc(C(=O)Nc3cccc(OCc4ccc(OS(=O)(=O)F)cc4)c3)cc2NC1=O. The molecule has 34 heavy (non-hydrogen) atoms. The minimum Gasteiger partial charge on any atom is -0.489 e. The van der Waals surface area contributed by atoms with Gasteiger partial charge >= 0.3 is 10.5 Å². The molecule has 2 amide bonds. The standard InChI is InChI=1S/C23H19FN2O6S2/c1-14-22(27)26-20-11-16(7-10-21(20)33-14)23(28)25-17-3-2-4-19(12-17)31-13-15-5-8-18(9-6-15)32-34(24,29)30/h2-12,14H,13H2,1H3,(H,25,28)(H,26,27).